The SMILES string of the molecule is CC(=O)Nc1ccc(C2=C(N3CCCC(CO)C3)C(=O)N(Cc3cccnc3)C2=O)cc1. The van der Waals surface area contributed by atoms with Crippen molar-refractivity contribution in [3.63, 3.8) is 0 Å². The first-order valence-electron chi connectivity index (χ1n) is 10.7. The van der Waals surface area contributed by atoms with E-state index in [0.29, 0.717) is 35.6 Å². The van der Waals surface area contributed by atoms with E-state index in [4.69, 9.17) is 0 Å². The largest absolute Gasteiger partial charge is 0.396 e. The van der Waals surface area contributed by atoms with Gasteiger partial charge in [0.25, 0.3) is 11.8 Å². The lowest BCUT2D eigenvalue weighted by Gasteiger charge is -2.34. The van der Waals surface area contributed by atoms with Crippen LogP contribution in [-0.4, -0.2) is 57.3 Å². The summed E-state index contributed by atoms with van der Waals surface area (Å²) in [5, 5.41) is 12.4. The molecule has 1 fully saturated rings. The molecule has 32 heavy (non-hydrogen) atoms. The van der Waals surface area contributed by atoms with Gasteiger partial charge in [0.05, 0.1) is 12.1 Å². The summed E-state index contributed by atoms with van der Waals surface area (Å²) in [5.41, 5.74) is 2.73. The molecule has 2 aliphatic heterocycles. The van der Waals surface area contributed by atoms with Gasteiger partial charge in [-0.25, -0.2) is 0 Å². The van der Waals surface area contributed by atoms with Gasteiger partial charge in [0, 0.05) is 44.7 Å². The minimum Gasteiger partial charge on any atom is -0.396 e. The fourth-order valence-corrected chi connectivity index (χ4v) is 4.28. The fourth-order valence-electron chi connectivity index (χ4n) is 4.28. The second kappa shape index (κ2) is 9.32. The Hall–Kier alpha value is -3.52. The van der Waals surface area contributed by atoms with Crippen molar-refractivity contribution in [1.29, 1.82) is 0 Å². The lowest BCUT2D eigenvalue weighted by atomic mass is 9.97. The van der Waals surface area contributed by atoms with E-state index < -0.39 is 0 Å². The highest BCUT2D eigenvalue weighted by molar-refractivity contribution is 6.35. The molecule has 1 saturated heterocycles. The number of likely N-dealkylation sites (tertiary alicyclic amines) is 1. The third-order valence-electron chi connectivity index (χ3n) is 5.79. The van der Waals surface area contributed by atoms with Crippen molar-refractivity contribution in [3.05, 3.63) is 65.6 Å². The normalized spacial score (nSPS) is 19.0. The maximum atomic E-state index is 13.5. The molecule has 3 heterocycles. The van der Waals surface area contributed by atoms with E-state index in [1.54, 1.807) is 42.7 Å². The molecule has 0 radical (unpaired) electrons. The van der Waals surface area contributed by atoms with Crippen LogP contribution >= 0.6 is 0 Å². The number of benzene rings is 1. The molecular weight excluding hydrogens is 408 g/mol. The first-order valence-corrected chi connectivity index (χ1v) is 10.7. The zero-order valence-electron chi connectivity index (χ0n) is 18.0. The number of carbonyl (C=O) groups is 3. The third kappa shape index (κ3) is 4.40. The van der Waals surface area contributed by atoms with E-state index in [2.05, 4.69) is 10.3 Å². The predicted molar refractivity (Wildman–Crippen MR) is 119 cm³/mol. The fraction of sp³-hybridized carbons (Fsp3) is 0.333. The number of hydrogen-bond donors (Lipinski definition) is 2. The average molecular weight is 434 g/mol. The van der Waals surface area contributed by atoms with Crippen molar-refractivity contribution < 1.29 is 19.5 Å². The summed E-state index contributed by atoms with van der Waals surface area (Å²) < 4.78 is 0. The van der Waals surface area contributed by atoms with Crippen molar-refractivity contribution in [2.45, 2.75) is 26.3 Å². The van der Waals surface area contributed by atoms with Crippen molar-refractivity contribution in [3.8, 4) is 0 Å². The zero-order valence-corrected chi connectivity index (χ0v) is 18.0. The molecule has 8 nitrogen and oxygen atoms in total. The lowest BCUT2D eigenvalue weighted by Crippen LogP contribution is -2.40. The summed E-state index contributed by atoms with van der Waals surface area (Å²) in [4.78, 5) is 45.5. The van der Waals surface area contributed by atoms with Crippen molar-refractivity contribution in [2.24, 2.45) is 5.92 Å². The van der Waals surface area contributed by atoms with Gasteiger partial charge in [0.15, 0.2) is 0 Å². The molecule has 2 N–H and O–H groups in total. The molecule has 1 aromatic heterocycles. The first-order chi connectivity index (χ1) is 15.5. The molecule has 8 heteroatoms. The number of aliphatic hydroxyl groups excluding tert-OH is 1. The van der Waals surface area contributed by atoms with E-state index in [1.165, 1.54) is 11.8 Å². The molecule has 166 valence electrons. The minimum absolute atomic E-state index is 0.0477. The first kappa shape index (κ1) is 21.7. The van der Waals surface area contributed by atoms with Gasteiger partial charge in [0.2, 0.25) is 5.91 Å². The average Bonchev–Trinajstić information content (AvgIpc) is 3.05. The number of nitrogens with one attached hydrogen (secondary N) is 1. The summed E-state index contributed by atoms with van der Waals surface area (Å²) >= 11 is 0. The topological polar surface area (TPSA) is 103 Å². The Labute approximate surface area is 186 Å². The summed E-state index contributed by atoms with van der Waals surface area (Å²) in [6, 6.07) is 10.5. The molecule has 0 spiro atoms. The van der Waals surface area contributed by atoms with Crippen LogP contribution in [0.25, 0.3) is 5.57 Å². The number of hydrogen-bond acceptors (Lipinski definition) is 6. The molecule has 4 rings (SSSR count). The second-order valence-corrected chi connectivity index (χ2v) is 8.18. The number of aliphatic hydroxyl groups is 1. The second-order valence-electron chi connectivity index (χ2n) is 8.18. The van der Waals surface area contributed by atoms with Gasteiger partial charge in [-0.3, -0.25) is 24.3 Å². The Kier molecular flexibility index (Phi) is 6.32. The van der Waals surface area contributed by atoms with Crippen molar-refractivity contribution in [1.82, 2.24) is 14.8 Å². The van der Waals surface area contributed by atoms with Crippen LogP contribution < -0.4 is 5.32 Å². The number of pyridine rings is 1. The van der Waals surface area contributed by atoms with Crippen LogP contribution in [0.2, 0.25) is 0 Å². The van der Waals surface area contributed by atoms with Crippen LogP contribution in [0.1, 0.15) is 30.9 Å². The van der Waals surface area contributed by atoms with Crippen molar-refractivity contribution in [2.75, 3.05) is 25.0 Å². The van der Waals surface area contributed by atoms with Crippen LogP contribution in [0, 0.1) is 5.92 Å². The van der Waals surface area contributed by atoms with Gasteiger partial charge in [-0.1, -0.05) is 18.2 Å². The van der Waals surface area contributed by atoms with Gasteiger partial charge >= 0.3 is 0 Å². The Bertz CT molecular complexity index is 1050. The molecule has 2 aliphatic rings. The smallest absolute Gasteiger partial charge is 0.278 e. The van der Waals surface area contributed by atoms with Gasteiger partial charge in [-0.05, 0) is 48.1 Å². The Morgan fingerprint density at radius 2 is 1.97 bits per heavy atom. The van der Waals surface area contributed by atoms with E-state index in [1.807, 2.05) is 11.0 Å². The standard InChI is InChI=1S/C24H26N4O4/c1-16(30)26-20-8-6-19(7-9-20)21-22(27-11-3-5-18(13-27)15-29)24(32)28(23(21)31)14-17-4-2-10-25-12-17/h2,4,6-10,12,18,29H,3,5,11,13-15H2,1H3,(H,26,30). The summed E-state index contributed by atoms with van der Waals surface area (Å²) in [6.07, 6.45) is 5.02. The van der Waals surface area contributed by atoms with Crippen LogP contribution in [0.4, 0.5) is 5.69 Å². The van der Waals surface area contributed by atoms with Gasteiger partial charge < -0.3 is 15.3 Å². The van der Waals surface area contributed by atoms with Crippen LogP contribution in [0.5, 0.6) is 0 Å². The van der Waals surface area contributed by atoms with Crippen molar-refractivity contribution >= 4 is 29.0 Å². The molecule has 0 aliphatic carbocycles. The van der Waals surface area contributed by atoms with Gasteiger partial charge in [-0.2, -0.15) is 0 Å². The summed E-state index contributed by atoms with van der Waals surface area (Å²) in [7, 11) is 0. The monoisotopic (exact) mass is 434 g/mol. The molecule has 1 atom stereocenters. The predicted octanol–water partition coefficient (Wildman–Crippen LogP) is 2.02. The number of carbonyl (C=O) groups excluding carboxylic acids is 3. The van der Waals surface area contributed by atoms with E-state index >= 15 is 0 Å². The molecule has 0 bridgehead atoms. The zero-order chi connectivity index (χ0) is 22.7. The lowest BCUT2D eigenvalue weighted by molar-refractivity contribution is -0.138. The molecule has 2 aromatic rings. The molecule has 1 unspecified atom stereocenters. The maximum absolute atomic E-state index is 13.5. The molecule has 3 amide bonds. The summed E-state index contributed by atoms with van der Waals surface area (Å²) in [5.74, 6) is -0.809. The molecular formula is C24H26N4O4. The maximum Gasteiger partial charge on any atom is 0.278 e. The Morgan fingerprint density at radius 3 is 2.62 bits per heavy atom. The van der Waals surface area contributed by atoms with E-state index in [0.717, 1.165) is 18.4 Å². The number of anilines is 1. The van der Waals surface area contributed by atoms with Crippen LogP contribution in [-0.2, 0) is 20.9 Å². The summed E-state index contributed by atoms with van der Waals surface area (Å²) in [6.45, 7) is 2.79. The highest BCUT2D eigenvalue weighted by atomic mass is 16.3. The number of nitrogens with zero attached hydrogens (tertiary/aromatic N) is 3. The van der Waals surface area contributed by atoms with E-state index in [9.17, 15) is 19.5 Å². The quantitative estimate of drug-likeness (QED) is 0.675. The number of amides is 3. The molecule has 0 saturated carbocycles. The Balaban J connectivity index is 1.71. The number of aromatic nitrogens is 1. The Morgan fingerprint density at radius 1 is 1.19 bits per heavy atom. The highest BCUT2D eigenvalue weighted by Crippen LogP contribution is 2.35. The van der Waals surface area contributed by atoms with E-state index in [-0.39, 0.29) is 36.8 Å². The molecule has 1 aromatic carbocycles. The van der Waals surface area contributed by atoms with Gasteiger partial charge in [-0.15, -0.1) is 0 Å². The number of piperidine rings is 1. The van der Waals surface area contributed by atoms with Gasteiger partial charge in [0.1, 0.15) is 5.70 Å². The third-order valence-corrected chi connectivity index (χ3v) is 5.79. The number of imide groups is 1. The number of rotatable bonds is 6. The highest BCUT2D eigenvalue weighted by Gasteiger charge is 2.42. The van der Waals surface area contributed by atoms with Crippen LogP contribution in [0.3, 0.4) is 0 Å². The minimum atomic E-state index is -0.354. The van der Waals surface area contributed by atoms with Crippen LogP contribution in [0.15, 0.2) is 54.5 Å².